The van der Waals surface area contributed by atoms with E-state index in [-0.39, 0.29) is 6.04 Å². The molecule has 1 aromatic heterocycles. The SMILES string of the molecule is Cc1c(Cl)ccc2c(C(C)N)c3c(nc12)CCN(C)C3. The average Bonchev–Trinajstić information content (AvgIpc) is 2.40. The number of nitrogens with zero attached hydrogens (tertiary/aromatic N) is 2. The molecule has 4 heteroatoms. The van der Waals surface area contributed by atoms with E-state index < -0.39 is 0 Å². The van der Waals surface area contributed by atoms with Gasteiger partial charge < -0.3 is 10.6 Å². The minimum Gasteiger partial charge on any atom is -0.324 e. The first kappa shape index (κ1) is 13.8. The van der Waals surface area contributed by atoms with Gasteiger partial charge in [-0.05, 0) is 43.7 Å². The number of pyridine rings is 1. The van der Waals surface area contributed by atoms with Gasteiger partial charge in [-0.25, -0.2) is 0 Å². The molecule has 0 saturated heterocycles. The number of nitrogens with two attached hydrogens (primary N) is 1. The molecular formula is C16H20ClN3. The molecule has 20 heavy (non-hydrogen) atoms. The summed E-state index contributed by atoms with van der Waals surface area (Å²) in [6, 6.07) is 4.01. The molecule has 1 aliphatic rings. The molecule has 0 saturated carbocycles. The second-order valence-electron chi connectivity index (χ2n) is 5.80. The highest BCUT2D eigenvalue weighted by Gasteiger charge is 2.23. The number of halogens is 1. The number of benzene rings is 1. The van der Waals surface area contributed by atoms with E-state index in [0.717, 1.165) is 41.0 Å². The highest BCUT2D eigenvalue weighted by molar-refractivity contribution is 6.32. The van der Waals surface area contributed by atoms with Crippen LogP contribution in [0, 0.1) is 6.92 Å². The molecule has 1 aliphatic heterocycles. The van der Waals surface area contributed by atoms with Gasteiger partial charge in [-0.2, -0.15) is 0 Å². The van der Waals surface area contributed by atoms with Crippen molar-refractivity contribution in [3.63, 3.8) is 0 Å². The molecule has 0 fully saturated rings. The van der Waals surface area contributed by atoms with Crippen molar-refractivity contribution >= 4 is 22.5 Å². The molecule has 1 unspecified atom stereocenters. The van der Waals surface area contributed by atoms with Gasteiger partial charge in [-0.3, -0.25) is 4.98 Å². The number of aryl methyl sites for hydroxylation is 1. The number of fused-ring (bicyclic) bond motifs is 2. The Morgan fingerprint density at radius 3 is 2.85 bits per heavy atom. The van der Waals surface area contributed by atoms with Crippen molar-refractivity contribution in [2.45, 2.75) is 32.9 Å². The van der Waals surface area contributed by atoms with E-state index in [1.165, 1.54) is 16.8 Å². The summed E-state index contributed by atoms with van der Waals surface area (Å²) in [6.07, 6.45) is 0.980. The van der Waals surface area contributed by atoms with Crippen LogP contribution in [0.25, 0.3) is 10.9 Å². The standard InChI is InChI=1S/C16H20ClN3/c1-9-13(17)5-4-11-15(10(2)18)12-8-20(3)7-6-14(12)19-16(9)11/h4-5,10H,6-8,18H2,1-3H3. The zero-order valence-electron chi connectivity index (χ0n) is 12.2. The predicted molar refractivity (Wildman–Crippen MR) is 84.1 cm³/mol. The quantitative estimate of drug-likeness (QED) is 0.876. The second-order valence-corrected chi connectivity index (χ2v) is 6.20. The lowest BCUT2D eigenvalue weighted by Gasteiger charge is -2.29. The summed E-state index contributed by atoms with van der Waals surface area (Å²) in [5.41, 5.74) is 12.0. The minimum atomic E-state index is 0.00123. The van der Waals surface area contributed by atoms with Crippen molar-refractivity contribution in [2.75, 3.05) is 13.6 Å². The fourth-order valence-electron chi connectivity index (χ4n) is 3.11. The maximum absolute atomic E-state index is 6.26. The van der Waals surface area contributed by atoms with Crippen LogP contribution in [0.2, 0.25) is 5.02 Å². The molecule has 1 aromatic carbocycles. The molecule has 0 bridgehead atoms. The Kier molecular flexibility index (Phi) is 3.44. The summed E-state index contributed by atoms with van der Waals surface area (Å²) < 4.78 is 0. The number of rotatable bonds is 1. The first-order valence-electron chi connectivity index (χ1n) is 7.03. The third-order valence-electron chi connectivity index (χ3n) is 4.19. The molecule has 2 N–H and O–H groups in total. The van der Waals surface area contributed by atoms with Gasteiger partial charge in [-0.15, -0.1) is 0 Å². The lowest BCUT2D eigenvalue weighted by molar-refractivity contribution is 0.308. The van der Waals surface area contributed by atoms with Crippen molar-refractivity contribution in [1.29, 1.82) is 0 Å². The molecule has 1 atom stereocenters. The largest absolute Gasteiger partial charge is 0.324 e. The Labute approximate surface area is 124 Å². The Morgan fingerprint density at radius 1 is 1.40 bits per heavy atom. The highest BCUT2D eigenvalue weighted by atomic mass is 35.5. The van der Waals surface area contributed by atoms with Gasteiger partial charge in [0, 0.05) is 41.7 Å². The van der Waals surface area contributed by atoms with Crippen molar-refractivity contribution in [1.82, 2.24) is 9.88 Å². The summed E-state index contributed by atoms with van der Waals surface area (Å²) in [4.78, 5) is 7.21. The number of hydrogen-bond donors (Lipinski definition) is 1. The van der Waals surface area contributed by atoms with Gasteiger partial charge in [0.1, 0.15) is 0 Å². The molecule has 0 amide bonds. The second kappa shape index (κ2) is 4.99. The van der Waals surface area contributed by atoms with Crippen LogP contribution in [0.1, 0.15) is 35.3 Å². The van der Waals surface area contributed by atoms with Crippen molar-refractivity contribution in [2.24, 2.45) is 5.73 Å². The number of likely N-dealkylation sites (N-methyl/N-ethyl adjacent to an activating group) is 1. The van der Waals surface area contributed by atoms with Crippen LogP contribution in [0.15, 0.2) is 12.1 Å². The van der Waals surface area contributed by atoms with E-state index >= 15 is 0 Å². The predicted octanol–water partition coefficient (Wildman–Crippen LogP) is 3.20. The fourth-order valence-corrected chi connectivity index (χ4v) is 3.26. The van der Waals surface area contributed by atoms with Gasteiger partial charge in [0.15, 0.2) is 0 Å². The van der Waals surface area contributed by atoms with E-state index in [1.54, 1.807) is 0 Å². The Bertz CT molecular complexity index is 679. The van der Waals surface area contributed by atoms with Gasteiger partial charge in [0.05, 0.1) is 5.52 Å². The van der Waals surface area contributed by atoms with Gasteiger partial charge in [-0.1, -0.05) is 17.7 Å². The molecule has 0 spiro atoms. The van der Waals surface area contributed by atoms with Crippen LogP contribution < -0.4 is 5.73 Å². The zero-order chi connectivity index (χ0) is 14.4. The van der Waals surface area contributed by atoms with Crippen molar-refractivity contribution < 1.29 is 0 Å². The molecule has 106 valence electrons. The monoisotopic (exact) mass is 289 g/mol. The maximum atomic E-state index is 6.26. The van der Waals surface area contributed by atoms with Crippen molar-refractivity contribution in [3.8, 4) is 0 Å². The van der Waals surface area contributed by atoms with E-state index in [1.807, 2.05) is 19.9 Å². The summed E-state index contributed by atoms with van der Waals surface area (Å²) in [6.45, 7) is 6.05. The normalized spacial score (nSPS) is 17.2. The Morgan fingerprint density at radius 2 is 2.15 bits per heavy atom. The smallest absolute Gasteiger partial charge is 0.0752 e. The summed E-state index contributed by atoms with van der Waals surface area (Å²) in [5, 5.41) is 1.92. The van der Waals surface area contributed by atoms with Gasteiger partial charge >= 0.3 is 0 Å². The Balaban J connectivity index is 2.38. The van der Waals surface area contributed by atoms with E-state index in [0.29, 0.717) is 0 Å². The van der Waals surface area contributed by atoms with E-state index in [9.17, 15) is 0 Å². The summed E-state index contributed by atoms with van der Waals surface area (Å²) in [5.74, 6) is 0. The molecule has 3 rings (SSSR count). The molecule has 0 aliphatic carbocycles. The van der Waals surface area contributed by atoms with E-state index in [4.69, 9.17) is 22.3 Å². The van der Waals surface area contributed by atoms with Crippen LogP contribution in [0.5, 0.6) is 0 Å². The lowest BCUT2D eigenvalue weighted by atomic mass is 9.91. The highest BCUT2D eigenvalue weighted by Crippen LogP contribution is 2.34. The van der Waals surface area contributed by atoms with Crippen LogP contribution >= 0.6 is 11.6 Å². The third kappa shape index (κ3) is 2.10. The first-order valence-corrected chi connectivity index (χ1v) is 7.41. The van der Waals surface area contributed by atoms with Gasteiger partial charge in [0.2, 0.25) is 0 Å². The van der Waals surface area contributed by atoms with E-state index in [2.05, 4.69) is 18.0 Å². The number of hydrogen-bond acceptors (Lipinski definition) is 3. The Hall–Kier alpha value is -1.16. The third-order valence-corrected chi connectivity index (χ3v) is 4.60. The molecule has 3 nitrogen and oxygen atoms in total. The van der Waals surface area contributed by atoms with Gasteiger partial charge in [0.25, 0.3) is 0 Å². The molecule has 2 aromatic rings. The summed E-state index contributed by atoms with van der Waals surface area (Å²) in [7, 11) is 2.14. The van der Waals surface area contributed by atoms with Crippen LogP contribution in [-0.4, -0.2) is 23.5 Å². The number of aromatic nitrogens is 1. The topological polar surface area (TPSA) is 42.1 Å². The zero-order valence-corrected chi connectivity index (χ0v) is 13.0. The maximum Gasteiger partial charge on any atom is 0.0752 e. The molecular weight excluding hydrogens is 270 g/mol. The molecule has 0 radical (unpaired) electrons. The lowest BCUT2D eigenvalue weighted by Crippen LogP contribution is -2.29. The molecule has 2 heterocycles. The average molecular weight is 290 g/mol. The van der Waals surface area contributed by atoms with Crippen LogP contribution in [-0.2, 0) is 13.0 Å². The first-order chi connectivity index (χ1) is 9.49. The fraction of sp³-hybridized carbons (Fsp3) is 0.438. The minimum absolute atomic E-state index is 0.00123. The van der Waals surface area contributed by atoms with Crippen LogP contribution in [0.3, 0.4) is 0 Å². The van der Waals surface area contributed by atoms with Crippen molar-refractivity contribution in [3.05, 3.63) is 39.5 Å². The van der Waals surface area contributed by atoms with Crippen LogP contribution in [0.4, 0.5) is 0 Å². The summed E-state index contributed by atoms with van der Waals surface area (Å²) >= 11 is 6.25.